The van der Waals surface area contributed by atoms with Crippen LogP contribution in [0.3, 0.4) is 0 Å². The number of halogens is 2. The zero-order valence-corrected chi connectivity index (χ0v) is 17.2. The fourth-order valence-electron chi connectivity index (χ4n) is 2.24. The van der Waals surface area contributed by atoms with Gasteiger partial charge in [-0.3, -0.25) is 14.1 Å². The molecule has 1 aromatic heterocycles. The number of hydrogen-bond donors (Lipinski definition) is 2. The molecule has 1 atom stereocenters. The number of hydrogen-bond acceptors (Lipinski definition) is 4. The van der Waals surface area contributed by atoms with E-state index in [0.29, 0.717) is 15.9 Å². The summed E-state index contributed by atoms with van der Waals surface area (Å²) in [6, 6.07) is 5.83. The quantitative estimate of drug-likeness (QED) is 0.645. The van der Waals surface area contributed by atoms with Crippen LogP contribution in [0.5, 0.6) is 5.75 Å². The van der Waals surface area contributed by atoms with Gasteiger partial charge in [-0.15, -0.1) is 0 Å². The van der Waals surface area contributed by atoms with E-state index in [1.165, 1.54) is 23.8 Å². The minimum atomic E-state index is -1.36. The van der Waals surface area contributed by atoms with Crippen molar-refractivity contribution in [3.05, 3.63) is 44.9 Å². The molecule has 0 fully saturated rings. The molecule has 0 aliphatic rings. The number of ether oxygens (including phenoxy) is 1. The zero-order chi connectivity index (χ0) is 19.3. The lowest BCUT2D eigenvalue weighted by Crippen LogP contribution is -2.22. The Bertz CT molecular complexity index is 873. The van der Waals surface area contributed by atoms with Crippen LogP contribution in [0.1, 0.15) is 19.8 Å². The summed E-state index contributed by atoms with van der Waals surface area (Å²) < 4.78 is 36.6. The number of nitrogens with zero attached hydrogens (tertiary/aromatic N) is 1. The number of anilines is 3. The number of nitrogens with one attached hydrogen (secondary N) is 2. The molecule has 0 saturated carbocycles. The lowest BCUT2D eigenvalue weighted by atomic mass is 10.3. The SMILES string of the molecule is CCCCS(=O)Nc1c(OC)cc(=O)n(C)c1Nc1ccc(Br)cc1F. The van der Waals surface area contributed by atoms with Gasteiger partial charge in [0.2, 0.25) is 0 Å². The molecule has 142 valence electrons. The fourth-order valence-corrected chi connectivity index (χ4v) is 3.65. The Morgan fingerprint density at radius 2 is 2.08 bits per heavy atom. The summed E-state index contributed by atoms with van der Waals surface area (Å²) >= 11 is 3.21. The average Bonchev–Trinajstić information content (AvgIpc) is 2.60. The first kappa shape index (κ1) is 20.4. The van der Waals surface area contributed by atoms with Crippen LogP contribution in [0.2, 0.25) is 0 Å². The van der Waals surface area contributed by atoms with Crippen molar-refractivity contribution in [1.82, 2.24) is 4.57 Å². The van der Waals surface area contributed by atoms with Crippen molar-refractivity contribution in [3.63, 3.8) is 0 Å². The minimum Gasteiger partial charge on any atom is -0.494 e. The number of benzene rings is 1. The molecular weight excluding hydrogens is 425 g/mol. The van der Waals surface area contributed by atoms with E-state index in [9.17, 15) is 13.4 Å². The first-order chi connectivity index (χ1) is 12.4. The minimum absolute atomic E-state index is 0.179. The highest BCUT2D eigenvalue weighted by molar-refractivity contribution is 9.10. The maximum atomic E-state index is 14.2. The Labute approximate surface area is 162 Å². The third kappa shape index (κ3) is 4.85. The summed E-state index contributed by atoms with van der Waals surface area (Å²) in [6.07, 6.45) is 1.70. The van der Waals surface area contributed by atoms with Gasteiger partial charge in [-0.25, -0.2) is 8.60 Å². The van der Waals surface area contributed by atoms with E-state index in [0.717, 1.165) is 12.8 Å². The van der Waals surface area contributed by atoms with Crippen LogP contribution in [-0.2, 0) is 18.0 Å². The van der Waals surface area contributed by atoms with Crippen molar-refractivity contribution in [2.75, 3.05) is 22.9 Å². The third-order valence-electron chi connectivity index (χ3n) is 3.71. The lowest BCUT2D eigenvalue weighted by Gasteiger charge is -2.19. The molecule has 1 unspecified atom stereocenters. The van der Waals surface area contributed by atoms with E-state index in [1.54, 1.807) is 19.2 Å². The highest BCUT2D eigenvalue weighted by atomic mass is 79.9. The van der Waals surface area contributed by atoms with E-state index in [2.05, 4.69) is 26.0 Å². The molecule has 2 N–H and O–H groups in total. The first-order valence-electron chi connectivity index (χ1n) is 8.02. The second-order valence-corrected chi connectivity index (χ2v) is 7.81. The Hall–Kier alpha value is -1.87. The predicted octanol–water partition coefficient (Wildman–Crippen LogP) is 3.91. The highest BCUT2D eigenvalue weighted by Gasteiger charge is 2.18. The lowest BCUT2D eigenvalue weighted by molar-refractivity contribution is 0.415. The summed E-state index contributed by atoms with van der Waals surface area (Å²) in [5.74, 6) is 0.459. The fraction of sp³-hybridized carbons (Fsp3) is 0.353. The Balaban J connectivity index is 2.49. The van der Waals surface area contributed by atoms with Crippen LogP contribution in [0, 0.1) is 5.82 Å². The molecule has 1 heterocycles. The van der Waals surface area contributed by atoms with Crippen molar-refractivity contribution in [3.8, 4) is 5.75 Å². The van der Waals surface area contributed by atoms with Crippen molar-refractivity contribution in [1.29, 1.82) is 0 Å². The smallest absolute Gasteiger partial charge is 0.255 e. The van der Waals surface area contributed by atoms with Gasteiger partial charge >= 0.3 is 0 Å². The topological polar surface area (TPSA) is 72.4 Å². The number of unbranched alkanes of at least 4 members (excludes halogenated alkanes) is 1. The van der Waals surface area contributed by atoms with Gasteiger partial charge in [0.1, 0.15) is 28.3 Å². The van der Waals surface area contributed by atoms with Crippen molar-refractivity contribution in [2.45, 2.75) is 19.8 Å². The maximum absolute atomic E-state index is 14.2. The molecule has 26 heavy (non-hydrogen) atoms. The number of pyridine rings is 1. The van der Waals surface area contributed by atoms with Crippen molar-refractivity contribution in [2.24, 2.45) is 7.05 Å². The summed E-state index contributed by atoms with van der Waals surface area (Å²) in [4.78, 5) is 12.2. The molecule has 0 saturated heterocycles. The van der Waals surface area contributed by atoms with Crippen LogP contribution in [0.15, 0.2) is 33.5 Å². The van der Waals surface area contributed by atoms with Gasteiger partial charge in [0.05, 0.1) is 12.8 Å². The zero-order valence-electron chi connectivity index (χ0n) is 14.8. The number of methoxy groups -OCH3 is 1. The van der Waals surface area contributed by atoms with Crippen molar-refractivity contribution >= 4 is 44.1 Å². The van der Waals surface area contributed by atoms with E-state index in [4.69, 9.17) is 4.74 Å². The second-order valence-electron chi connectivity index (χ2n) is 5.59. The van der Waals surface area contributed by atoms with E-state index in [-0.39, 0.29) is 22.8 Å². The molecule has 0 amide bonds. The van der Waals surface area contributed by atoms with E-state index < -0.39 is 16.8 Å². The monoisotopic (exact) mass is 445 g/mol. The van der Waals surface area contributed by atoms with Crippen LogP contribution in [-0.4, -0.2) is 21.6 Å². The van der Waals surface area contributed by atoms with E-state index in [1.807, 2.05) is 6.92 Å². The first-order valence-corrected chi connectivity index (χ1v) is 10.1. The molecule has 1 aromatic carbocycles. The molecule has 0 aliphatic carbocycles. The molecule has 9 heteroatoms. The molecule has 0 aliphatic heterocycles. The molecule has 0 radical (unpaired) electrons. The second kappa shape index (κ2) is 9.18. The molecular formula is C17H21BrFN3O3S. The largest absolute Gasteiger partial charge is 0.494 e. The van der Waals surface area contributed by atoms with Crippen LogP contribution < -0.4 is 20.3 Å². The predicted molar refractivity (Wildman–Crippen MR) is 107 cm³/mol. The maximum Gasteiger partial charge on any atom is 0.255 e. The number of rotatable bonds is 8. The molecule has 2 rings (SSSR count). The van der Waals surface area contributed by atoms with E-state index >= 15 is 0 Å². The van der Waals surface area contributed by atoms with Gasteiger partial charge in [-0.1, -0.05) is 29.3 Å². The van der Waals surface area contributed by atoms with Gasteiger partial charge < -0.3 is 10.1 Å². The van der Waals surface area contributed by atoms with Crippen LogP contribution in [0.4, 0.5) is 21.6 Å². The summed E-state index contributed by atoms with van der Waals surface area (Å²) in [5, 5.41) is 2.90. The summed E-state index contributed by atoms with van der Waals surface area (Å²) in [5.41, 5.74) is 0.178. The average molecular weight is 446 g/mol. The van der Waals surface area contributed by atoms with Crippen LogP contribution in [0.25, 0.3) is 0 Å². The van der Waals surface area contributed by atoms with Gasteiger partial charge in [-0.05, 0) is 24.6 Å². The van der Waals surface area contributed by atoms with Crippen LogP contribution >= 0.6 is 15.9 Å². The Morgan fingerprint density at radius 3 is 2.69 bits per heavy atom. The summed E-state index contributed by atoms with van der Waals surface area (Å²) in [7, 11) is 1.60. The molecule has 6 nitrogen and oxygen atoms in total. The molecule has 0 bridgehead atoms. The van der Waals surface area contributed by atoms with Gasteiger partial charge in [0.25, 0.3) is 5.56 Å². The standard InChI is InChI=1S/C17H21BrFN3O3S/c1-4-5-8-26(24)21-16-14(25-3)10-15(23)22(2)17(16)20-13-7-6-11(18)9-12(13)19/h6-7,9-10,20-21H,4-5,8H2,1-3H3. The normalized spacial score (nSPS) is 11.9. The van der Waals surface area contributed by atoms with Gasteiger partial charge in [0, 0.05) is 23.3 Å². The highest BCUT2D eigenvalue weighted by Crippen LogP contribution is 2.34. The van der Waals surface area contributed by atoms with Crippen molar-refractivity contribution < 1.29 is 13.3 Å². The molecule has 0 spiro atoms. The summed E-state index contributed by atoms with van der Waals surface area (Å²) in [6.45, 7) is 2.01. The number of aromatic nitrogens is 1. The van der Waals surface area contributed by atoms with Gasteiger partial charge in [0.15, 0.2) is 5.75 Å². The Kier molecular flexibility index (Phi) is 7.22. The third-order valence-corrected chi connectivity index (χ3v) is 5.29. The van der Waals surface area contributed by atoms with Gasteiger partial charge in [-0.2, -0.15) is 0 Å². The molecule has 2 aromatic rings. The Morgan fingerprint density at radius 1 is 1.35 bits per heavy atom.